The summed E-state index contributed by atoms with van der Waals surface area (Å²) in [6.07, 6.45) is 0. The normalized spacial score (nSPS) is 10.7. The van der Waals surface area contributed by atoms with Gasteiger partial charge in [0.2, 0.25) is 5.91 Å². The molecular formula is C18H18N2O5. The number of hydrogen-bond donors (Lipinski definition) is 1. The van der Waals surface area contributed by atoms with Crippen LogP contribution in [0.3, 0.4) is 0 Å². The fraction of sp³-hybridized carbons (Fsp3) is 0.222. The minimum atomic E-state index is -0.533. The van der Waals surface area contributed by atoms with Crippen molar-refractivity contribution in [3.63, 3.8) is 0 Å². The number of esters is 1. The van der Waals surface area contributed by atoms with Gasteiger partial charge in [0.05, 0.1) is 25.4 Å². The topological polar surface area (TPSA) is 82.7 Å². The van der Waals surface area contributed by atoms with E-state index in [9.17, 15) is 9.59 Å². The zero-order chi connectivity index (χ0) is 18.0. The summed E-state index contributed by atoms with van der Waals surface area (Å²) in [4.78, 5) is 24.5. The van der Waals surface area contributed by atoms with E-state index in [1.807, 2.05) is 6.07 Å². The number of nitrogens with one attached hydrogen (secondary N) is 1. The van der Waals surface area contributed by atoms with Crippen molar-refractivity contribution >= 4 is 28.7 Å². The molecule has 0 aliphatic heterocycles. The molecule has 7 heteroatoms. The Morgan fingerprint density at radius 1 is 1.20 bits per heavy atom. The largest absolute Gasteiger partial charge is 0.495 e. The average Bonchev–Trinajstić information content (AvgIpc) is 3.12. The molecule has 2 aromatic heterocycles. The predicted molar refractivity (Wildman–Crippen MR) is 91.9 cm³/mol. The molecule has 0 saturated heterocycles. The van der Waals surface area contributed by atoms with Gasteiger partial charge in [0.1, 0.15) is 23.7 Å². The molecule has 0 fully saturated rings. The fourth-order valence-corrected chi connectivity index (χ4v) is 2.69. The van der Waals surface area contributed by atoms with Gasteiger partial charge in [0.15, 0.2) is 5.58 Å². The monoisotopic (exact) mass is 342 g/mol. The number of aromatic nitrogens is 1. The van der Waals surface area contributed by atoms with Crippen LogP contribution in [0, 0.1) is 6.92 Å². The molecule has 0 bridgehead atoms. The van der Waals surface area contributed by atoms with Crippen LogP contribution in [0.15, 0.2) is 40.8 Å². The summed E-state index contributed by atoms with van der Waals surface area (Å²) in [7, 11) is 2.83. The van der Waals surface area contributed by atoms with E-state index in [1.54, 1.807) is 41.8 Å². The average molecular weight is 342 g/mol. The smallest absolute Gasteiger partial charge is 0.354 e. The molecule has 0 aliphatic rings. The number of amides is 1. The number of nitrogens with zero attached hydrogens (tertiary/aromatic N) is 1. The molecule has 3 rings (SSSR count). The Morgan fingerprint density at radius 3 is 2.68 bits per heavy atom. The molecule has 0 aliphatic carbocycles. The van der Waals surface area contributed by atoms with E-state index in [0.717, 1.165) is 0 Å². The Morgan fingerprint density at radius 2 is 1.96 bits per heavy atom. The zero-order valence-electron chi connectivity index (χ0n) is 14.2. The van der Waals surface area contributed by atoms with Crippen LogP contribution in [0.1, 0.15) is 16.2 Å². The summed E-state index contributed by atoms with van der Waals surface area (Å²) in [6.45, 7) is 1.74. The number of rotatable bonds is 5. The van der Waals surface area contributed by atoms with Crippen LogP contribution < -0.4 is 10.1 Å². The van der Waals surface area contributed by atoms with E-state index < -0.39 is 5.97 Å². The van der Waals surface area contributed by atoms with E-state index in [-0.39, 0.29) is 18.1 Å². The van der Waals surface area contributed by atoms with Crippen molar-refractivity contribution in [1.29, 1.82) is 0 Å². The standard InChI is InChI=1S/C18H18N2O5/c1-11-8-13-16(25-11)9-14(18(22)24-3)20(13)10-17(21)19-12-6-4-5-7-15(12)23-2/h4-9H,10H2,1-3H3,(H,19,21). The molecule has 1 amide bonds. The second kappa shape index (κ2) is 6.72. The van der Waals surface area contributed by atoms with Gasteiger partial charge in [-0.1, -0.05) is 12.1 Å². The summed E-state index contributed by atoms with van der Waals surface area (Å²) in [5, 5.41) is 2.79. The molecule has 2 heterocycles. The number of hydrogen-bond acceptors (Lipinski definition) is 5. The van der Waals surface area contributed by atoms with Crippen molar-refractivity contribution in [2.24, 2.45) is 0 Å². The van der Waals surface area contributed by atoms with Crippen LogP contribution in [0.5, 0.6) is 5.75 Å². The number of aryl methyl sites for hydroxylation is 1. The number of carbonyl (C=O) groups is 2. The predicted octanol–water partition coefficient (Wildman–Crippen LogP) is 2.98. The van der Waals surface area contributed by atoms with Crippen LogP contribution >= 0.6 is 0 Å². The number of anilines is 1. The number of carbonyl (C=O) groups excluding carboxylic acids is 2. The van der Waals surface area contributed by atoms with Crippen LogP contribution in [0.4, 0.5) is 5.69 Å². The number of fused-ring (bicyclic) bond motifs is 1. The van der Waals surface area contributed by atoms with Gasteiger partial charge in [-0.05, 0) is 19.1 Å². The molecule has 0 radical (unpaired) electrons. The van der Waals surface area contributed by atoms with Gasteiger partial charge in [-0.2, -0.15) is 0 Å². The molecule has 1 N–H and O–H groups in total. The first-order valence-electron chi connectivity index (χ1n) is 7.64. The Labute approximate surface area is 144 Å². The third kappa shape index (κ3) is 3.21. The van der Waals surface area contributed by atoms with E-state index in [4.69, 9.17) is 13.9 Å². The third-order valence-corrected chi connectivity index (χ3v) is 3.79. The summed E-state index contributed by atoms with van der Waals surface area (Å²) in [6, 6.07) is 10.5. The second-order valence-corrected chi connectivity index (χ2v) is 5.46. The molecule has 1 aromatic carbocycles. The summed E-state index contributed by atoms with van der Waals surface area (Å²) < 4.78 is 17.1. The number of ether oxygens (including phenoxy) is 2. The maximum absolute atomic E-state index is 12.5. The lowest BCUT2D eigenvalue weighted by molar-refractivity contribution is -0.116. The second-order valence-electron chi connectivity index (χ2n) is 5.46. The van der Waals surface area contributed by atoms with Gasteiger partial charge in [0, 0.05) is 12.1 Å². The Kier molecular flexibility index (Phi) is 4.47. The number of methoxy groups -OCH3 is 2. The molecule has 0 spiro atoms. The Bertz CT molecular complexity index is 938. The number of furan rings is 1. The molecule has 0 saturated carbocycles. The Hall–Kier alpha value is -3.22. The highest BCUT2D eigenvalue weighted by molar-refractivity contribution is 5.97. The van der Waals surface area contributed by atoms with Crippen molar-refractivity contribution in [2.75, 3.05) is 19.5 Å². The molecule has 0 atom stereocenters. The minimum Gasteiger partial charge on any atom is -0.495 e. The van der Waals surface area contributed by atoms with Gasteiger partial charge in [-0.3, -0.25) is 4.79 Å². The number of benzene rings is 1. The first-order chi connectivity index (χ1) is 12.0. The van der Waals surface area contributed by atoms with E-state index >= 15 is 0 Å². The highest BCUT2D eigenvalue weighted by Crippen LogP contribution is 2.26. The van der Waals surface area contributed by atoms with Gasteiger partial charge in [-0.15, -0.1) is 0 Å². The highest BCUT2D eigenvalue weighted by Gasteiger charge is 2.21. The lowest BCUT2D eigenvalue weighted by Crippen LogP contribution is -2.22. The minimum absolute atomic E-state index is 0.0645. The quantitative estimate of drug-likeness (QED) is 0.721. The first kappa shape index (κ1) is 16.6. The van der Waals surface area contributed by atoms with Crippen molar-refractivity contribution in [3.05, 3.63) is 47.9 Å². The molecule has 7 nitrogen and oxygen atoms in total. The van der Waals surface area contributed by atoms with Crippen molar-refractivity contribution < 1.29 is 23.5 Å². The van der Waals surface area contributed by atoms with Crippen LogP contribution in [0.2, 0.25) is 0 Å². The van der Waals surface area contributed by atoms with Crippen molar-refractivity contribution in [1.82, 2.24) is 4.57 Å². The molecule has 130 valence electrons. The lowest BCUT2D eigenvalue weighted by atomic mass is 10.3. The van der Waals surface area contributed by atoms with Crippen molar-refractivity contribution in [3.8, 4) is 5.75 Å². The van der Waals surface area contributed by atoms with Crippen LogP contribution in [0.25, 0.3) is 11.1 Å². The van der Waals surface area contributed by atoms with Gasteiger partial charge >= 0.3 is 5.97 Å². The van der Waals surface area contributed by atoms with E-state index in [2.05, 4.69) is 5.32 Å². The summed E-state index contributed by atoms with van der Waals surface area (Å²) in [5.41, 5.74) is 2.00. The first-order valence-corrected chi connectivity index (χ1v) is 7.64. The maximum Gasteiger partial charge on any atom is 0.354 e. The van der Waals surface area contributed by atoms with Crippen LogP contribution in [-0.4, -0.2) is 30.7 Å². The molecular weight excluding hydrogens is 324 g/mol. The van der Waals surface area contributed by atoms with Crippen LogP contribution in [-0.2, 0) is 16.1 Å². The SMILES string of the molecule is COC(=O)c1cc2oc(C)cc2n1CC(=O)Nc1ccccc1OC. The lowest BCUT2D eigenvalue weighted by Gasteiger charge is -2.12. The van der Waals surface area contributed by atoms with Crippen molar-refractivity contribution in [2.45, 2.75) is 13.5 Å². The third-order valence-electron chi connectivity index (χ3n) is 3.79. The van der Waals surface area contributed by atoms with Gasteiger partial charge < -0.3 is 23.8 Å². The van der Waals surface area contributed by atoms with E-state index in [1.165, 1.54) is 14.2 Å². The fourth-order valence-electron chi connectivity index (χ4n) is 2.69. The van der Waals surface area contributed by atoms with E-state index in [0.29, 0.717) is 28.3 Å². The zero-order valence-corrected chi connectivity index (χ0v) is 14.2. The van der Waals surface area contributed by atoms with Gasteiger partial charge in [0.25, 0.3) is 0 Å². The molecule has 0 unspecified atom stereocenters. The highest BCUT2D eigenvalue weighted by atomic mass is 16.5. The number of para-hydroxylation sites is 2. The maximum atomic E-state index is 12.5. The Balaban J connectivity index is 1.91. The van der Waals surface area contributed by atoms with Gasteiger partial charge in [-0.25, -0.2) is 4.79 Å². The molecule has 25 heavy (non-hydrogen) atoms. The summed E-state index contributed by atoms with van der Waals surface area (Å²) >= 11 is 0. The summed E-state index contributed by atoms with van der Waals surface area (Å²) in [5.74, 6) is 0.418. The molecule has 3 aromatic rings.